The van der Waals surface area contributed by atoms with Crippen LogP contribution in [0, 0.1) is 6.92 Å². The van der Waals surface area contributed by atoms with E-state index in [0.717, 1.165) is 17.5 Å². The summed E-state index contributed by atoms with van der Waals surface area (Å²) in [6.45, 7) is 2.18. The number of carbonyl (C=O) groups is 1. The van der Waals surface area contributed by atoms with Gasteiger partial charge in [-0.15, -0.1) is 0 Å². The maximum absolute atomic E-state index is 13.4. The van der Waals surface area contributed by atoms with Crippen molar-refractivity contribution in [2.45, 2.75) is 31.2 Å². The molecule has 0 heterocycles. The number of nitrogens with zero attached hydrogens (tertiary/aromatic N) is 1. The Morgan fingerprint density at radius 3 is 2.29 bits per heavy atom. The van der Waals surface area contributed by atoms with Crippen molar-refractivity contribution in [2.24, 2.45) is 0 Å². The number of sulfonamides is 1. The van der Waals surface area contributed by atoms with Crippen LogP contribution in [0.15, 0.2) is 77.7 Å². The predicted molar refractivity (Wildman–Crippen MR) is 122 cm³/mol. The first kappa shape index (κ1) is 23.0. The van der Waals surface area contributed by atoms with Gasteiger partial charge in [-0.25, -0.2) is 13.2 Å². The van der Waals surface area contributed by atoms with Gasteiger partial charge in [0, 0.05) is 18.1 Å². The summed E-state index contributed by atoms with van der Waals surface area (Å²) in [5, 5.41) is 9.81. The molecule has 7 heteroatoms. The standard InChI is InChI=1S/C24H24ClNO4S/c1-18-14-20(16-21(15-18)24(27)28)17-26(13-5-8-19-6-3-2-4-7-19)31(29,30)23-11-9-22(25)10-12-23/h2-4,6-7,9-12,14-16H,5,8,13,17H2,1H3,(H,27,28). The van der Waals surface area contributed by atoms with Crippen LogP contribution in [0.3, 0.4) is 0 Å². The Kier molecular flexibility index (Phi) is 7.49. The molecule has 0 unspecified atom stereocenters. The lowest BCUT2D eigenvalue weighted by atomic mass is 10.1. The van der Waals surface area contributed by atoms with Crippen molar-refractivity contribution in [2.75, 3.05) is 6.54 Å². The molecule has 3 aromatic rings. The summed E-state index contributed by atoms with van der Waals surface area (Å²) in [5.74, 6) is -1.04. The Hall–Kier alpha value is -2.67. The SMILES string of the molecule is Cc1cc(CN(CCCc2ccccc2)S(=O)(=O)c2ccc(Cl)cc2)cc(C(=O)O)c1. The topological polar surface area (TPSA) is 74.7 Å². The first-order chi connectivity index (χ1) is 14.8. The van der Waals surface area contributed by atoms with Crippen molar-refractivity contribution in [3.05, 3.63) is 100 Å². The summed E-state index contributed by atoms with van der Waals surface area (Å²) in [7, 11) is -3.79. The lowest BCUT2D eigenvalue weighted by Crippen LogP contribution is -2.32. The van der Waals surface area contributed by atoms with Gasteiger partial charge in [0.1, 0.15) is 0 Å². The molecule has 0 aliphatic carbocycles. The molecule has 0 fully saturated rings. The van der Waals surface area contributed by atoms with Crippen molar-refractivity contribution in [3.63, 3.8) is 0 Å². The summed E-state index contributed by atoms with van der Waals surface area (Å²) in [6.07, 6.45) is 1.37. The number of hydrogen-bond donors (Lipinski definition) is 1. The highest BCUT2D eigenvalue weighted by atomic mass is 35.5. The maximum Gasteiger partial charge on any atom is 0.335 e. The van der Waals surface area contributed by atoms with Crippen LogP contribution in [-0.2, 0) is 23.0 Å². The summed E-state index contributed by atoms with van der Waals surface area (Å²) in [6, 6.07) is 20.9. The Morgan fingerprint density at radius 1 is 0.968 bits per heavy atom. The monoisotopic (exact) mass is 457 g/mol. The molecule has 0 saturated heterocycles. The molecule has 0 bridgehead atoms. The second kappa shape index (κ2) is 10.1. The Labute approximate surface area is 188 Å². The van der Waals surface area contributed by atoms with Crippen LogP contribution in [0.25, 0.3) is 0 Å². The number of benzene rings is 3. The van der Waals surface area contributed by atoms with Gasteiger partial charge in [0.15, 0.2) is 0 Å². The van der Waals surface area contributed by atoms with Gasteiger partial charge in [-0.2, -0.15) is 4.31 Å². The minimum absolute atomic E-state index is 0.0850. The lowest BCUT2D eigenvalue weighted by Gasteiger charge is -2.23. The number of aryl methyl sites for hydroxylation is 2. The summed E-state index contributed by atoms with van der Waals surface area (Å²) in [5.41, 5.74) is 2.68. The fourth-order valence-electron chi connectivity index (χ4n) is 3.42. The zero-order valence-electron chi connectivity index (χ0n) is 17.2. The van der Waals surface area contributed by atoms with E-state index >= 15 is 0 Å². The summed E-state index contributed by atoms with van der Waals surface area (Å²) >= 11 is 5.92. The normalized spacial score (nSPS) is 11.6. The number of rotatable bonds is 9. The Balaban J connectivity index is 1.88. The van der Waals surface area contributed by atoms with Gasteiger partial charge in [0.05, 0.1) is 10.5 Å². The van der Waals surface area contributed by atoms with Crippen LogP contribution < -0.4 is 0 Å². The van der Waals surface area contributed by atoms with Crippen LogP contribution >= 0.6 is 11.6 Å². The minimum atomic E-state index is -3.79. The zero-order valence-corrected chi connectivity index (χ0v) is 18.7. The maximum atomic E-state index is 13.4. The molecular formula is C24H24ClNO4S. The third kappa shape index (κ3) is 6.17. The molecule has 0 aliphatic rings. The number of carboxylic acid groups (broad SMARTS) is 1. The van der Waals surface area contributed by atoms with Gasteiger partial charge in [0.2, 0.25) is 10.0 Å². The molecular weight excluding hydrogens is 434 g/mol. The summed E-state index contributed by atoms with van der Waals surface area (Å²) < 4.78 is 28.1. The van der Waals surface area contributed by atoms with Crippen molar-refractivity contribution in [3.8, 4) is 0 Å². The lowest BCUT2D eigenvalue weighted by molar-refractivity contribution is 0.0696. The Bertz CT molecular complexity index is 1150. The van der Waals surface area contributed by atoms with E-state index in [1.165, 1.54) is 22.5 Å². The molecule has 1 N–H and O–H groups in total. The van der Waals surface area contributed by atoms with E-state index in [2.05, 4.69) is 0 Å². The van der Waals surface area contributed by atoms with Crippen LogP contribution in [0.1, 0.15) is 33.5 Å². The van der Waals surface area contributed by atoms with Gasteiger partial charge in [-0.05, 0) is 72.9 Å². The van der Waals surface area contributed by atoms with E-state index in [4.69, 9.17) is 11.6 Å². The quantitative estimate of drug-likeness (QED) is 0.481. The molecule has 5 nitrogen and oxygen atoms in total. The summed E-state index contributed by atoms with van der Waals surface area (Å²) in [4.78, 5) is 11.6. The second-order valence-electron chi connectivity index (χ2n) is 7.39. The average Bonchev–Trinajstić information content (AvgIpc) is 2.73. The fraction of sp³-hybridized carbons (Fsp3) is 0.208. The fourth-order valence-corrected chi connectivity index (χ4v) is 5.02. The molecule has 0 atom stereocenters. The van der Waals surface area contributed by atoms with Crippen LogP contribution in [0.4, 0.5) is 0 Å². The highest BCUT2D eigenvalue weighted by molar-refractivity contribution is 7.89. The van der Waals surface area contributed by atoms with Crippen LogP contribution in [-0.4, -0.2) is 30.3 Å². The number of aromatic carboxylic acids is 1. The van der Waals surface area contributed by atoms with E-state index in [9.17, 15) is 18.3 Å². The average molecular weight is 458 g/mol. The van der Waals surface area contributed by atoms with Gasteiger partial charge in [-0.3, -0.25) is 0 Å². The largest absolute Gasteiger partial charge is 0.478 e. The molecule has 3 aromatic carbocycles. The van der Waals surface area contributed by atoms with Crippen molar-refractivity contribution in [1.82, 2.24) is 4.31 Å². The first-order valence-corrected chi connectivity index (χ1v) is 11.7. The van der Waals surface area contributed by atoms with E-state index in [-0.39, 0.29) is 17.0 Å². The van der Waals surface area contributed by atoms with Crippen molar-refractivity contribution >= 4 is 27.6 Å². The number of halogens is 1. The second-order valence-corrected chi connectivity index (χ2v) is 9.77. The van der Waals surface area contributed by atoms with Gasteiger partial charge in [0.25, 0.3) is 0 Å². The van der Waals surface area contributed by atoms with Gasteiger partial charge < -0.3 is 5.11 Å². The highest BCUT2D eigenvalue weighted by Gasteiger charge is 2.25. The smallest absolute Gasteiger partial charge is 0.335 e. The molecule has 0 aliphatic heterocycles. The van der Waals surface area contributed by atoms with Gasteiger partial charge in [-0.1, -0.05) is 48.0 Å². The van der Waals surface area contributed by atoms with Crippen molar-refractivity contribution < 1.29 is 18.3 Å². The highest BCUT2D eigenvalue weighted by Crippen LogP contribution is 2.22. The number of carboxylic acids is 1. The molecule has 0 saturated carbocycles. The molecule has 3 rings (SSSR count). The third-order valence-corrected chi connectivity index (χ3v) is 7.02. The van der Waals surface area contributed by atoms with Crippen LogP contribution in [0.2, 0.25) is 5.02 Å². The van der Waals surface area contributed by atoms with Crippen LogP contribution in [0.5, 0.6) is 0 Å². The molecule has 0 spiro atoms. The van der Waals surface area contributed by atoms with E-state index in [0.29, 0.717) is 23.6 Å². The van der Waals surface area contributed by atoms with Gasteiger partial charge >= 0.3 is 5.97 Å². The molecule has 0 aromatic heterocycles. The Morgan fingerprint density at radius 2 is 1.65 bits per heavy atom. The minimum Gasteiger partial charge on any atom is -0.478 e. The zero-order chi connectivity index (χ0) is 22.4. The van der Waals surface area contributed by atoms with E-state index in [1.807, 2.05) is 36.4 Å². The first-order valence-electron chi connectivity index (χ1n) is 9.89. The number of hydrogen-bond acceptors (Lipinski definition) is 3. The molecule has 162 valence electrons. The third-order valence-electron chi connectivity index (χ3n) is 4.91. The van der Waals surface area contributed by atoms with E-state index in [1.54, 1.807) is 25.1 Å². The predicted octanol–water partition coefficient (Wildman–Crippen LogP) is 5.17. The van der Waals surface area contributed by atoms with Crippen molar-refractivity contribution in [1.29, 1.82) is 0 Å². The molecule has 0 amide bonds. The molecule has 0 radical (unpaired) electrons. The molecule has 31 heavy (non-hydrogen) atoms. The van der Waals surface area contributed by atoms with E-state index < -0.39 is 16.0 Å².